The molecule has 0 saturated carbocycles. The van der Waals surface area contributed by atoms with Gasteiger partial charge in [0.15, 0.2) is 12.3 Å². The number of para-hydroxylation sites is 1. The molecule has 2 N–H and O–H groups in total. The molecule has 29 heavy (non-hydrogen) atoms. The van der Waals surface area contributed by atoms with Gasteiger partial charge in [0, 0.05) is 16.7 Å². The lowest BCUT2D eigenvalue weighted by Crippen LogP contribution is -3.08. The first-order valence-corrected chi connectivity index (χ1v) is 9.49. The minimum atomic E-state index is -0.135. The number of methoxy groups -OCH3 is 1. The van der Waals surface area contributed by atoms with Gasteiger partial charge in [-0.3, -0.25) is 9.59 Å². The number of quaternary nitrogens is 1. The Balaban J connectivity index is 1.64. The third-order valence-electron chi connectivity index (χ3n) is 4.61. The second-order valence-corrected chi connectivity index (χ2v) is 6.95. The second-order valence-electron chi connectivity index (χ2n) is 6.95. The van der Waals surface area contributed by atoms with E-state index in [4.69, 9.17) is 4.74 Å². The maximum absolute atomic E-state index is 12.8. The zero-order valence-electron chi connectivity index (χ0n) is 16.6. The highest BCUT2D eigenvalue weighted by molar-refractivity contribution is 6.13. The van der Waals surface area contributed by atoms with Crippen LogP contribution in [0.1, 0.15) is 21.5 Å². The molecule has 1 amide bonds. The van der Waals surface area contributed by atoms with E-state index in [0.717, 1.165) is 16.2 Å². The van der Waals surface area contributed by atoms with Crippen molar-refractivity contribution in [1.82, 2.24) is 0 Å². The van der Waals surface area contributed by atoms with Crippen molar-refractivity contribution in [1.29, 1.82) is 0 Å². The molecule has 1 unspecified atom stereocenters. The summed E-state index contributed by atoms with van der Waals surface area (Å²) in [5.41, 5.74) is 2.73. The molecular formula is C24H25N2O3+. The number of benzene rings is 3. The molecule has 0 saturated heterocycles. The molecule has 3 aromatic carbocycles. The molecule has 0 radical (unpaired) electrons. The number of ether oxygens (including phenoxy) is 1. The van der Waals surface area contributed by atoms with Crippen LogP contribution in [0.4, 0.5) is 5.69 Å². The van der Waals surface area contributed by atoms with Crippen molar-refractivity contribution < 1.29 is 19.2 Å². The first-order chi connectivity index (χ1) is 14.1. The highest BCUT2D eigenvalue weighted by atomic mass is 16.5. The number of carbonyl (C=O) groups is 2. The van der Waals surface area contributed by atoms with Crippen LogP contribution in [0.2, 0.25) is 0 Å². The van der Waals surface area contributed by atoms with Crippen molar-refractivity contribution in [3.8, 4) is 5.75 Å². The van der Waals surface area contributed by atoms with Crippen molar-refractivity contribution in [2.75, 3.05) is 26.0 Å². The van der Waals surface area contributed by atoms with Crippen molar-refractivity contribution in [2.24, 2.45) is 0 Å². The summed E-state index contributed by atoms with van der Waals surface area (Å²) in [6.07, 6.45) is 0. The molecule has 3 aromatic rings. The minimum absolute atomic E-state index is 0.111. The molecule has 5 heteroatoms. The van der Waals surface area contributed by atoms with Crippen LogP contribution < -0.4 is 15.0 Å². The maximum Gasteiger partial charge on any atom is 0.279 e. The molecule has 0 aliphatic carbocycles. The number of hydrogen-bond acceptors (Lipinski definition) is 3. The zero-order chi connectivity index (χ0) is 20.6. The van der Waals surface area contributed by atoms with Crippen molar-refractivity contribution in [3.05, 3.63) is 95.6 Å². The Morgan fingerprint density at radius 1 is 0.897 bits per heavy atom. The number of carbonyl (C=O) groups excluding carboxylic acids is 2. The van der Waals surface area contributed by atoms with E-state index in [0.29, 0.717) is 29.9 Å². The maximum atomic E-state index is 12.8. The van der Waals surface area contributed by atoms with Crippen LogP contribution in [-0.4, -0.2) is 32.4 Å². The summed E-state index contributed by atoms with van der Waals surface area (Å²) in [5, 5.41) is 2.90. The molecule has 1 atom stereocenters. The number of hydrogen-bond donors (Lipinski definition) is 2. The van der Waals surface area contributed by atoms with Crippen molar-refractivity contribution >= 4 is 17.4 Å². The van der Waals surface area contributed by atoms with Gasteiger partial charge in [-0.15, -0.1) is 0 Å². The molecule has 148 valence electrons. The third kappa shape index (κ3) is 5.53. The highest BCUT2D eigenvalue weighted by Gasteiger charge is 2.16. The average Bonchev–Trinajstić information content (AvgIpc) is 2.74. The summed E-state index contributed by atoms with van der Waals surface area (Å²) < 4.78 is 5.17. The number of nitrogens with one attached hydrogen (secondary N) is 2. The summed E-state index contributed by atoms with van der Waals surface area (Å²) in [4.78, 5) is 26.4. The van der Waals surface area contributed by atoms with Gasteiger partial charge in [-0.25, -0.2) is 0 Å². The van der Waals surface area contributed by atoms with Gasteiger partial charge in [-0.2, -0.15) is 0 Å². The summed E-state index contributed by atoms with van der Waals surface area (Å²) in [5.74, 6) is 0.564. The molecule has 3 rings (SSSR count). The monoisotopic (exact) mass is 389 g/mol. The number of ketones is 1. The first-order valence-electron chi connectivity index (χ1n) is 9.49. The fourth-order valence-corrected chi connectivity index (χ4v) is 3.16. The third-order valence-corrected chi connectivity index (χ3v) is 4.61. The fraction of sp³-hybridized carbons (Fsp3) is 0.167. The van der Waals surface area contributed by atoms with Crippen molar-refractivity contribution in [2.45, 2.75) is 6.54 Å². The summed E-state index contributed by atoms with van der Waals surface area (Å²) >= 11 is 0. The normalized spacial score (nSPS) is 11.5. The van der Waals surface area contributed by atoms with Crippen LogP contribution in [0.25, 0.3) is 0 Å². The van der Waals surface area contributed by atoms with E-state index >= 15 is 0 Å². The Hall–Kier alpha value is -3.44. The Labute approximate surface area is 170 Å². The van der Waals surface area contributed by atoms with Crippen LogP contribution in [0, 0.1) is 0 Å². The van der Waals surface area contributed by atoms with Gasteiger partial charge < -0.3 is 15.0 Å². The Morgan fingerprint density at radius 3 is 2.24 bits per heavy atom. The summed E-state index contributed by atoms with van der Waals surface area (Å²) in [7, 11) is 3.60. The first kappa shape index (κ1) is 20.3. The average molecular weight is 389 g/mol. The molecule has 0 bridgehead atoms. The van der Waals surface area contributed by atoms with Crippen LogP contribution in [0.3, 0.4) is 0 Å². The van der Waals surface area contributed by atoms with E-state index in [9.17, 15) is 9.59 Å². The number of amides is 1. The lowest BCUT2D eigenvalue weighted by atomic mass is 10.0. The molecule has 0 fully saturated rings. The molecular weight excluding hydrogens is 364 g/mol. The van der Waals surface area contributed by atoms with E-state index < -0.39 is 0 Å². The molecule has 5 nitrogen and oxygen atoms in total. The molecule has 0 heterocycles. The van der Waals surface area contributed by atoms with Gasteiger partial charge in [0.1, 0.15) is 12.3 Å². The van der Waals surface area contributed by atoms with E-state index in [2.05, 4.69) is 5.32 Å². The molecule has 0 spiro atoms. The lowest BCUT2D eigenvalue weighted by molar-refractivity contribution is -0.885. The van der Waals surface area contributed by atoms with Crippen LogP contribution >= 0.6 is 0 Å². The molecule has 0 aliphatic rings. The number of rotatable bonds is 8. The lowest BCUT2D eigenvalue weighted by Gasteiger charge is -2.15. The zero-order valence-corrected chi connectivity index (χ0v) is 16.6. The Bertz CT molecular complexity index is 969. The van der Waals surface area contributed by atoms with Crippen LogP contribution in [-0.2, 0) is 11.3 Å². The SMILES string of the molecule is COc1ccc(C[NH+](C)CC(=O)Nc2ccccc2C(=O)c2ccccc2)cc1. The second kappa shape index (κ2) is 9.66. The predicted molar refractivity (Wildman–Crippen MR) is 113 cm³/mol. The summed E-state index contributed by atoms with van der Waals surface area (Å²) in [6.45, 7) is 1.00. The van der Waals surface area contributed by atoms with Crippen LogP contribution in [0.5, 0.6) is 5.75 Å². The van der Waals surface area contributed by atoms with E-state index in [-0.39, 0.29) is 11.7 Å². The van der Waals surface area contributed by atoms with Gasteiger partial charge >= 0.3 is 0 Å². The largest absolute Gasteiger partial charge is 0.497 e. The van der Waals surface area contributed by atoms with E-state index in [1.807, 2.05) is 55.6 Å². The standard InChI is InChI=1S/C24H24N2O3/c1-26(16-18-12-14-20(29-2)15-13-18)17-23(27)25-22-11-7-6-10-21(22)24(28)19-8-4-3-5-9-19/h3-15H,16-17H2,1-2H3,(H,25,27)/p+1. The minimum Gasteiger partial charge on any atom is -0.497 e. The quantitative estimate of drug-likeness (QED) is 0.582. The van der Waals surface area contributed by atoms with Crippen molar-refractivity contribution in [3.63, 3.8) is 0 Å². The smallest absolute Gasteiger partial charge is 0.279 e. The molecule has 0 aromatic heterocycles. The molecule has 0 aliphatic heterocycles. The van der Waals surface area contributed by atoms with Crippen LogP contribution in [0.15, 0.2) is 78.9 Å². The Kier molecular flexibility index (Phi) is 6.76. The van der Waals surface area contributed by atoms with Gasteiger partial charge in [0.2, 0.25) is 0 Å². The van der Waals surface area contributed by atoms with Gasteiger partial charge in [-0.1, -0.05) is 42.5 Å². The fourth-order valence-electron chi connectivity index (χ4n) is 3.16. The van der Waals surface area contributed by atoms with Gasteiger partial charge in [0.05, 0.1) is 19.8 Å². The van der Waals surface area contributed by atoms with Gasteiger partial charge in [0.25, 0.3) is 5.91 Å². The van der Waals surface area contributed by atoms with E-state index in [1.54, 1.807) is 37.4 Å². The Morgan fingerprint density at radius 2 is 1.55 bits per heavy atom. The van der Waals surface area contributed by atoms with E-state index in [1.165, 1.54) is 0 Å². The number of anilines is 1. The highest BCUT2D eigenvalue weighted by Crippen LogP contribution is 2.19. The predicted octanol–water partition coefficient (Wildman–Crippen LogP) is 2.58. The van der Waals surface area contributed by atoms with Gasteiger partial charge in [-0.05, 0) is 36.4 Å². The number of likely N-dealkylation sites (N-methyl/N-ethyl adjacent to an activating group) is 1. The topological polar surface area (TPSA) is 59.8 Å². The summed E-state index contributed by atoms with van der Waals surface area (Å²) in [6, 6.07) is 24.0.